The van der Waals surface area contributed by atoms with Crippen molar-refractivity contribution in [3.8, 4) is 10.6 Å². The van der Waals surface area contributed by atoms with Crippen LogP contribution in [0.2, 0.25) is 5.02 Å². The van der Waals surface area contributed by atoms with Crippen LogP contribution in [-0.4, -0.2) is 52.1 Å². The van der Waals surface area contributed by atoms with Crippen LogP contribution in [-0.2, 0) is 22.3 Å². The maximum atomic E-state index is 13.2. The Kier molecular flexibility index (Phi) is 9.90. The highest BCUT2D eigenvalue weighted by molar-refractivity contribution is 7.15. The van der Waals surface area contributed by atoms with Gasteiger partial charge in [0.25, 0.3) is 12.0 Å². The predicted molar refractivity (Wildman–Crippen MR) is 159 cm³/mol. The first-order chi connectivity index (χ1) is 19.9. The Morgan fingerprint density at radius 1 is 1.17 bits per heavy atom. The highest BCUT2D eigenvalue weighted by Crippen LogP contribution is 2.41. The van der Waals surface area contributed by atoms with E-state index in [9.17, 15) is 22.8 Å². The van der Waals surface area contributed by atoms with E-state index in [2.05, 4.69) is 21.9 Å². The number of nitrogens with two attached hydrogens (primary N) is 1. The number of halogens is 4. The summed E-state index contributed by atoms with van der Waals surface area (Å²) in [6.45, 7) is 5.52. The molecule has 2 N–H and O–H groups in total. The lowest BCUT2D eigenvalue weighted by molar-refractivity contribution is -0.135. The van der Waals surface area contributed by atoms with Gasteiger partial charge in [-0.05, 0) is 70.1 Å². The number of benzene rings is 2. The van der Waals surface area contributed by atoms with Gasteiger partial charge in [0.1, 0.15) is 22.3 Å². The van der Waals surface area contributed by atoms with Gasteiger partial charge in [-0.2, -0.15) is 13.2 Å². The van der Waals surface area contributed by atoms with E-state index in [-0.39, 0.29) is 27.3 Å². The van der Waals surface area contributed by atoms with Crippen molar-refractivity contribution in [2.45, 2.75) is 51.9 Å². The standard InChI is InChI=1S/C21H16ClF3N4OS.C8H15NO2/c1-10-18(21(23,24)25)31-19(27-10)14-8-17-15(7-16(14)26)20(30)29(11(2)28-17)9-12-3-5-13(22)6-4-12;1-9-5-3-2-4-8(9)6-11-7-10/h3-8H,9,26H2,1-2H3;7-8H,2-6H2,1H3. The summed E-state index contributed by atoms with van der Waals surface area (Å²) in [5.41, 5.74) is 7.40. The van der Waals surface area contributed by atoms with Gasteiger partial charge in [-0.25, -0.2) is 9.97 Å². The molecule has 1 saturated heterocycles. The Hall–Kier alpha value is -3.48. The minimum absolute atomic E-state index is 0.116. The summed E-state index contributed by atoms with van der Waals surface area (Å²) >= 11 is 6.43. The van der Waals surface area contributed by atoms with E-state index in [1.807, 2.05) is 12.1 Å². The van der Waals surface area contributed by atoms with Crippen LogP contribution in [0.1, 0.15) is 41.2 Å². The summed E-state index contributed by atoms with van der Waals surface area (Å²) in [6.07, 6.45) is -0.800. The lowest BCUT2D eigenvalue weighted by Gasteiger charge is -2.31. The number of anilines is 1. The van der Waals surface area contributed by atoms with Crippen molar-refractivity contribution in [1.29, 1.82) is 0 Å². The highest BCUT2D eigenvalue weighted by atomic mass is 35.5. The van der Waals surface area contributed by atoms with E-state index in [4.69, 9.17) is 22.1 Å². The SMILES string of the molecule is CN1CCCCC1COC=O.Cc1nc(-c2cc3nc(C)n(Cc4ccc(Cl)cc4)c(=O)c3cc2N)sc1C(F)(F)F. The van der Waals surface area contributed by atoms with E-state index < -0.39 is 11.1 Å². The zero-order chi connectivity index (χ0) is 30.6. The summed E-state index contributed by atoms with van der Waals surface area (Å²) in [4.78, 5) is 33.0. The van der Waals surface area contributed by atoms with E-state index in [0.29, 0.717) is 58.9 Å². The predicted octanol–water partition coefficient (Wildman–Crippen LogP) is 6.08. The highest BCUT2D eigenvalue weighted by Gasteiger charge is 2.36. The fourth-order valence-corrected chi connectivity index (χ4v) is 5.92. The number of nitrogens with zero attached hydrogens (tertiary/aromatic N) is 4. The van der Waals surface area contributed by atoms with E-state index in [1.54, 1.807) is 19.1 Å². The Labute approximate surface area is 249 Å². The van der Waals surface area contributed by atoms with Gasteiger partial charge in [-0.3, -0.25) is 14.2 Å². The largest absolute Gasteiger partial charge is 0.466 e. The Morgan fingerprint density at radius 3 is 2.50 bits per heavy atom. The number of likely N-dealkylation sites (tertiary alicyclic amines) is 1. The zero-order valence-electron chi connectivity index (χ0n) is 23.4. The second kappa shape index (κ2) is 13.2. The van der Waals surface area contributed by atoms with Crippen LogP contribution in [0.4, 0.5) is 18.9 Å². The molecular formula is C29H31ClF3N5O3S. The molecular weight excluding hydrogens is 591 g/mol. The number of nitrogen functional groups attached to an aromatic ring is 1. The number of alkyl halides is 3. The molecule has 0 bridgehead atoms. The first-order valence-corrected chi connectivity index (χ1v) is 14.4. The average Bonchev–Trinajstić information content (AvgIpc) is 3.34. The number of fused-ring (bicyclic) bond motifs is 1. The second-order valence-electron chi connectivity index (χ2n) is 10.1. The van der Waals surface area contributed by atoms with E-state index >= 15 is 0 Å². The molecule has 1 aliphatic rings. The summed E-state index contributed by atoms with van der Waals surface area (Å²) in [5, 5.41) is 1.01. The number of thiazole rings is 1. The fourth-order valence-electron chi connectivity index (χ4n) is 4.82. The number of carbonyl (C=O) groups is 1. The van der Waals surface area contributed by atoms with Crippen molar-refractivity contribution in [3.63, 3.8) is 0 Å². The number of hydrogen-bond donors (Lipinski definition) is 1. The number of piperidine rings is 1. The summed E-state index contributed by atoms with van der Waals surface area (Å²) < 4.78 is 45.7. The minimum atomic E-state index is -4.49. The summed E-state index contributed by atoms with van der Waals surface area (Å²) in [7, 11) is 2.08. The van der Waals surface area contributed by atoms with Crippen molar-refractivity contribution in [2.24, 2.45) is 0 Å². The molecule has 5 rings (SSSR count). The lowest BCUT2D eigenvalue weighted by Crippen LogP contribution is -2.39. The molecule has 2 aromatic carbocycles. The lowest BCUT2D eigenvalue weighted by atomic mass is 10.0. The molecule has 1 atom stereocenters. The number of carbonyl (C=O) groups excluding carboxylic acids is 1. The van der Waals surface area contributed by atoms with Crippen LogP contribution in [0.3, 0.4) is 0 Å². The van der Waals surface area contributed by atoms with E-state index in [1.165, 1.54) is 36.5 Å². The molecule has 0 aliphatic carbocycles. The van der Waals surface area contributed by atoms with Crippen LogP contribution < -0.4 is 11.3 Å². The molecule has 0 radical (unpaired) electrons. The molecule has 0 amide bonds. The van der Waals surface area contributed by atoms with Crippen molar-refractivity contribution in [1.82, 2.24) is 19.4 Å². The quantitative estimate of drug-likeness (QED) is 0.205. The van der Waals surface area contributed by atoms with Crippen molar-refractivity contribution >= 4 is 46.0 Å². The number of aryl methyl sites for hydroxylation is 2. The van der Waals surface area contributed by atoms with Gasteiger partial charge in [-0.15, -0.1) is 11.3 Å². The fraction of sp³-hybridized carbons (Fsp3) is 0.379. The van der Waals surface area contributed by atoms with Gasteiger partial charge < -0.3 is 15.4 Å². The van der Waals surface area contributed by atoms with Gasteiger partial charge in [0, 0.05) is 22.3 Å². The van der Waals surface area contributed by atoms with Crippen LogP contribution >= 0.6 is 22.9 Å². The molecule has 0 spiro atoms. The molecule has 0 saturated carbocycles. The smallest absolute Gasteiger partial charge is 0.427 e. The molecule has 2 aromatic heterocycles. The van der Waals surface area contributed by atoms with Crippen LogP contribution in [0.25, 0.3) is 21.5 Å². The Bertz CT molecular complexity index is 1620. The van der Waals surface area contributed by atoms with Crippen LogP contribution in [0, 0.1) is 13.8 Å². The van der Waals surface area contributed by atoms with Crippen LogP contribution in [0.5, 0.6) is 0 Å². The van der Waals surface area contributed by atoms with Gasteiger partial charge in [0.2, 0.25) is 0 Å². The van der Waals surface area contributed by atoms with Crippen LogP contribution in [0.15, 0.2) is 41.2 Å². The van der Waals surface area contributed by atoms with Crippen molar-refractivity contribution in [3.05, 3.63) is 73.7 Å². The maximum absolute atomic E-state index is 13.2. The summed E-state index contributed by atoms with van der Waals surface area (Å²) in [5.74, 6) is 0.467. The molecule has 42 heavy (non-hydrogen) atoms. The van der Waals surface area contributed by atoms with Crippen molar-refractivity contribution in [2.75, 3.05) is 25.9 Å². The molecule has 8 nitrogen and oxygen atoms in total. The number of hydrogen-bond acceptors (Lipinski definition) is 8. The molecule has 3 heterocycles. The minimum Gasteiger partial charge on any atom is -0.466 e. The normalized spacial score (nSPS) is 15.7. The monoisotopic (exact) mass is 621 g/mol. The Balaban J connectivity index is 0.000000310. The van der Waals surface area contributed by atoms with E-state index in [0.717, 1.165) is 18.5 Å². The zero-order valence-corrected chi connectivity index (χ0v) is 24.9. The number of ether oxygens (including phenoxy) is 1. The summed E-state index contributed by atoms with van der Waals surface area (Å²) in [6, 6.07) is 10.5. The van der Waals surface area contributed by atoms with Gasteiger partial charge >= 0.3 is 6.18 Å². The first-order valence-electron chi connectivity index (χ1n) is 13.2. The van der Waals surface area contributed by atoms with Crippen molar-refractivity contribution < 1.29 is 22.7 Å². The maximum Gasteiger partial charge on any atom is 0.427 e. The molecule has 1 aliphatic heterocycles. The number of rotatable bonds is 6. The number of likely N-dealkylation sites (N-methyl/N-ethyl adjacent to an activating group) is 1. The topological polar surface area (TPSA) is 103 Å². The third-order valence-electron chi connectivity index (χ3n) is 7.13. The molecule has 13 heteroatoms. The second-order valence-corrected chi connectivity index (χ2v) is 11.6. The third kappa shape index (κ3) is 7.29. The third-order valence-corrected chi connectivity index (χ3v) is 8.62. The molecule has 1 unspecified atom stereocenters. The number of aromatic nitrogens is 3. The molecule has 224 valence electrons. The average molecular weight is 622 g/mol. The van der Waals surface area contributed by atoms with Gasteiger partial charge in [0.05, 0.1) is 23.1 Å². The van der Waals surface area contributed by atoms with Gasteiger partial charge in [0.15, 0.2) is 0 Å². The molecule has 4 aromatic rings. The molecule has 1 fully saturated rings. The first kappa shape index (κ1) is 31.5. The van der Waals surface area contributed by atoms with Gasteiger partial charge in [-0.1, -0.05) is 30.2 Å². The Morgan fingerprint density at radius 2 is 1.88 bits per heavy atom.